The third-order valence-corrected chi connectivity index (χ3v) is 10.7. The van der Waals surface area contributed by atoms with Gasteiger partial charge in [0.2, 0.25) is 5.91 Å². The lowest BCUT2D eigenvalue weighted by molar-refractivity contribution is -0.165. The van der Waals surface area contributed by atoms with Gasteiger partial charge in [0.1, 0.15) is 0 Å². The molecular formula is C27H36ClNO. The average molecular weight is 426 g/mol. The van der Waals surface area contributed by atoms with E-state index in [1.54, 1.807) is 0 Å². The van der Waals surface area contributed by atoms with Crippen molar-refractivity contribution in [1.29, 1.82) is 0 Å². The Hall–Kier alpha value is -1.02. The van der Waals surface area contributed by atoms with E-state index in [-0.39, 0.29) is 5.41 Å². The number of hydrogen-bond donors (Lipinski definition) is 0. The fraction of sp³-hybridized carbons (Fsp3) is 0.704. The van der Waals surface area contributed by atoms with E-state index in [2.05, 4.69) is 38.8 Å². The Balaban J connectivity index is 1.50. The summed E-state index contributed by atoms with van der Waals surface area (Å²) in [5.41, 5.74) is 2.67. The van der Waals surface area contributed by atoms with Crippen LogP contribution < -0.4 is 0 Å². The highest BCUT2D eigenvalue weighted by Gasteiger charge is 2.63. The summed E-state index contributed by atoms with van der Waals surface area (Å²) in [4.78, 5) is 14.6. The number of benzene rings is 1. The summed E-state index contributed by atoms with van der Waals surface area (Å²) in [5, 5.41) is 0.884. The smallest absolute Gasteiger partial charge is 0.222 e. The van der Waals surface area contributed by atoms with Crippen molar-refractivity contribution < 1.29 is 4.79 Å². The molecule has 0 aromatic heterocycles. The van der Waals surface area contributed by atoms with Crippen LogP contribution in [-0.2, 0) is 4.79 Å². The molecule has 3 heteroatoms. The van der Waals surface area contributed by atoms with Gasteiger partial charge >= 0.3 is 0 Å². The van der Waals surface area contributed by atoms with Gasteiger partial charge in [-0.1, -0.05) is 44.5 Å². The van der Waals surface area contributed by atoms with Gasteiger partial charge in [-0.15, -0.1) is 0 Å². The van der Waals surface area contributed by atoms with Crippen molar-refractivity contribution in [3.63, 3.8) is 0 Å². The number of fused-ring (bicyclic) bond motifs is 5. The number of nitrogens with zero attached hydrogens (tertiary/aromatic N) is 1. The van der Waals surface area contributed by atoms with Crippen LogP contribution in [0, 0.1) is 41.4 Å². The largest absolute Gasteiger partial charge is 0.342 e. The monoisotopic (exact) mass is 425 g/mol. The summed E-state index contributed by atoms with van der Waals surface area (Å²) in [6.45, 7) is 13.7. The fourth-order valence-corrected chi connectivity index (χ4v) is 9.05. The standard InChI is InChI=1S/C27H36ClNO/c1-16-6-9-22(28)18(14-16)19-7-8-20-25-17(2)15-23-27(4,13-11-24(30)29(23)5)21(25)10-12-26(19,20)3/h1,6,9,14,17,19-21,23,25H,7-8,10-13,15H2,2-5H3/t17?,19?,20-,21+,23?,25-,26+,27+/m0/s1. The molecule has 0 N–H and O–H groups in total. The van der Waals surface area contributed by atoms with Crippen LogP contribution in [0.2, 0.25) is 5.02 Å². The molecule has 5 rings (SSSR count). The number of likely N-dealkylation sites (tertiary alicyclic amines) is 1. The first-order valence-corrected chi connectivity index (χ1v) is 12.3. The molecule has 0 spiro atoms. The summed E-state index contributed by atoms with van der Waals surface area (Å²) in [6, 6.07) is 6.46. The molecule has 4 aliphatic rings. The Morgan fingerprint density at radius 1 is 1.10 bits per heavy atom. The maximum Gasteiger partial charge on any atom is 0.222 e. The van der Waals surface area contributed by atoms with Crippen LogP contribution in [-0.4, -0.2) is 23.9 Å². The zero-order valence-corrected chi connectivity index (χ0v) is 19.7. The molecule has 30 heavy (non-hydrogen) atoms. The SMILES string of the molecule is [CH]c1ccc(Cl)c(C2CC[C@H]3[C@@H]4C(C)CC5N(C)C(=O)CC[C@]5(C)[C@@H]4CC[C@]23C)c1. The highest BCUT2D eigenvalue weighted by molar-refractivity contribution is 6.31. The van der Waals surface area contributed by atoms with Gasteiger partial charge in [-0.2, -0.15) is 0 Å². The zero-order chi connectivity index (χ0) is 21.4. The van der Waals surface area contributed by atoms with Crippen LogP contribution >= 0.6 is 11.6 Å². The van der Waals surface area contributed by atoms with Crippen LogP contribution in [0.25, 0.3) is 0 Å². The van der Waals surface area contributed by atoms with E-state index in [0.717, 1.165) is 47.6 Å². The van der Waals surface area contributed by atoms with Crippen LogP contribution in [0.3, 0.4) is 0 Å². The molecule has 1 aliphatic heterocycles. The van der Waals surface area contributed by atoms with E-state index in [1.165, 1.54) is 31.2 Å². The lowest BCUT2D eigenvalue weighted by atomic mass is 9.44. The molecule has 1 aromatic carbocycles. The number of amides is 1. The number of hydrogen-bond acceptors (Lipinski definition) is 1. The predicted octanol–water partition coefficient (Wildman–Crippen LogP) is 6.59. The minimum Gasteiger partial charge on any atom is -0.342 e. The molecule has 2 nitrogen and oxygen atoms in total. The van der Waals surface area contributed by atoms with Crippen molar-refractivity contribution in [3.8, 4) is 0 Å². The van der Waals surface area contributed by atoms with Crippen molar-refractivity contribution in [2.75, 3.05) is 7.05 Å². The van der Waals surface area contributed by atoms with Crippen molar-refractivity contribution in [2.45, 2.75) is 77.7 Å². The van der Waals surface area contributed by atoms with Crippen LogP contribution in [0.5, 0.6) is 0 Å². The highest BCUT2D eigenvalue weighted by Crippen LogP contribution is 2.69. The van der Waals surface area contributed by atoms with Crippen molar-refractivity contribution in [1.82, 2.24) is 4.90 Å². The predicted molar refractivity (Wildman–Crippen MR) is 122 cm³/mol. The normalized spacial score (nSPS) is 45.7. The molecule has 162 valence electrons. The van der Waals surface area contributed by atoms with Gasteiger partial charge < -0.3 is 4.90 Å². The van der Waals surface area contributed by atoms with E-state index < -0.39 is 0 Å². The quantitative estimate of drug-likeness (QED) is 0.496. The lowest BCUT2D eigenvalue weighted by Gasteiger charge is -2.63. The van der Waals surface area contributed by atoms with Crippen molar-refractivity contribution in [2.24, 2.45) is 34.5 Å². The summed E-state index contributed by atoms with van der Waals surface area (Å²) in [5.74, 6) is 3.76. The molecular weight excluding hydrogens is 390 g/mol. The molecule has 1 aromatic rings. The summed E-state index contributed by atoms with van der Waals surface area (Å²) in [6.07, 6.45) is 8.03. The maximum absolute atomic E-state index is 12.5. The minimum absolute atomic E-state index is 0.272. The van der Waals surface area contributed by atoms with Crippen LogP contribution in [0.4, 0.5) is 0 Å². The number of carbonyl (C=O) groups excluding carboxylic acids is 1. The molecule has 1 saturated heterocycles. The number of piperidine rings is 1. The first-order chi connectivity index (χ1) is 14.2. The summed E-state index contributed by atoms with van der Waals surface area (Å²) >= 11 is 6.69. The van der Waals surface area contributed by atoms with E-state index in [1.807, 2.05) is 12.1 Å². The van der Waals surface area contributed by atoms with Gasteiger partial charge in [-0.3, -0.25) is 4.79 Å². The average Bonchev–Trinajstić information content (AvgIpc) is 3.05. The molecule has 3 unspecified atom stereocenters. The minimum atomic E-state index is 0.272. The second kappa shape index (κ2) is 6.99. The Bertz CT molecular complexity index is 866. The third-order valence-electron chi connectivity index (χ3n) is 10.3. The van der Waals surface area contributed by atoms with E-state index >= 15 is 0 Å². The van der Waals surface area contributed by atoms with Crippen LogP contribution in [0.15, 0.2) is 18.2 Å². The Morgan fingerprint density at radius 3 is 2.60 bits per heavy atom. The Morgan fingerprint density at radius 2 is 1.83 bits per heavy atom. The molecule has 0 bridgehead atoms. The number of halogens is 1. The lowest BCUT2D eigenvalue weighted by Crippen LogP contribution is -2.63. The van der Waals surface area contributed by atoms with Crippen molar-refractivity contribution in [3.05, 3.63) is 41.3 Å². The Kier molecular flexibility index (Phi) is 4.86. The molecule has 1 amide bonds. The van der Waals surface area contributed by atoms with Gasteiger partial charge in [-0.25, -0.2) is 0 Å². The third kappa shape index (κ3) is 2.78. The number of rotatable bonds is 1. The zero-order valence-electron chi connectivity index (χ0n) is 19.0. The van der Waals surface area contributed by atoms with E-state index in [0.29, 0.717) is 29.2 Å². The van der Waals surface area contributed by atoms with E-state index in [4.69, 9.17) is 18.5 Å². The topological polar surface area (TPSA) is 20.3 Å². The summed E-state index contributed by atoms with van der Waals surface area (Å²) in [7, 11) is 2.05. The fourth-order valence-electron chi connectivity index (χ4n) is 8.80. The van der Waals surface area contributed by atoms with Crippen molar-refractivity contribution >= 4 is 17.5 Å². The van der Waals surface area contributed by atoms with Crippen LogP contribution in [0.1, 0.15) is 82.8 Å². The van der Waals surface area contributed by atoms with Gasteiger partial charge in [0.05, 0.1) is 0 Å². The molecule has 8 atom stereocenters. The van der Waals surface area contributed by atoms with Gasteiger partial charge in [-0.05, 0) is 103 Å². The maximum atomic E-state index is 12.5. The van der Waals surface area contributed by atoms with Gasteiger partial charge in [0.25, 0.3) is 0 Å². The first kappa shape index (κ1) is 20.9. The first-order valence-electron chi connectivity index (χ1n) is 12.0. The second-order valence-electron chi connectivity index (χ2n) is 11.5. The number of carbonyl (C=O) groups is 1. The summed E-state index contributed by atoms with van der Waals surface area (Å²) < 4.78 is 0. The Labute approximate surface area is 187 Å². The van der Waals surface area contributed by atoms with Gasteiger partial charge in [0.15, 0.2) is 0 Å². The molecule has 3 aliphatic carbocycles. The second-order valence-corrected chi connectivity index (χ2v) is 11.9. The highest BCUT2D eigenvalue weighted by atomic mass is 35.5. The van der Waals surface area contributed by atoms with E-state index in [9.17, 15) is 4.79 Å². The van der Waals surface area contributed by atoms with Gasteiger partial charge in [0, 0.05) is 24.5 Å². The molecule has 1 heterocycles. The molecule has 3 saturated carbocycles. The molecule has 4 fully saturated rings. The molecule has 2 radical (unpaired) electrons.